The van der Waals surface area contributed by atoms with E-state index in [0.29, 0.717) is 18.0 Å². The van der Waals surface area contributed by atoms with Crippen molar-refractivity contribution >= 4 is 34.2 Å². The smallest absolute Gasteiger partial charge is 0.251 e. The number of amides is 2. The molecule has 2 heterocycles. The molecule has 0 radical (unpaired) electrons. The molecule has 10 heteroatoms. The molecule has 2 amide bonds. The van der Waals surface area contributed by atoms with Gasteiger partial charge in [-0.15, -0.1) is 12.4 Å². The van der Waals surface area contributed by atoms with Crippen LogP contribution < -0.4 is 16.0 Å². The zero-order valence-electron chi connectivity index (χ0n) is 15.1. The highest BCUT2D eigenvalue weighted by Crippen LogP contribution is 2.18. The fourth-order valence-electron chi connectivity index (χ4n) is 3.18. The fraction of sp³-hybridized carbons (Fsp3) is 0.529. The first-order valence-electron chi connectivity index (χ1n) is 8.76. The van der Waals surface area contributed by atoms with Gasteiger partial charge in [0.05, 0.1) is 11.4 Å². The van der Waals surface area contributed by atoms with Gasteiger partial charge in [-0.25, -0.2) is 8.42 Å². The summed E-state index contributed by atoms with van der Waals surface area (Å²) in [5.41, 5.74) is 0.415. The van der Waals surface area contributed by atoms with E-state index in [0.717, 1.165) is 23.8 Å². The van der Waals surface area contributed by atoms with Crippen molar-refractivity contribution in [2.45, 2.75) is 24.3 Å². The van der Waals surface area contributed by atoms with Crippen LogP contribution in [0, 0.1) is 5.92 Å². The maximum atomic E-state index is 12.6. The zero-order valence-corrected chi connectivity index (χ0v) is 16.7. The van der Waals surface area contributed by atoms with E-state index in [4.69, 9.17) is 0 Å². The van der Waals surface area contributed by atoms with Crippen molar-refractivity contribution in [1.82, 2.24) is 20.3 Å². The van der Waals surface area contributed by atoms with Gasteiger partial charge >= 0.3 is 0 Å². The Morgan fingerprint density at radius 1 is 1.22 bits per heavy atom. The predicted octanol–water partition coefficient (Wildman–Crippen LogP) is -0.0433. The first-order valence-corrected chi connectivity index (χ1v) is 10.2. The van der Waals surface area contributed by atoms with Crippen LogP contribution in [0.3, 0.4) is 0 Å². The van der Waals surface area contributed by atoms with Crippen LogP contribution in [0.5, 0.6) is 0 Å². The molecule has 27 heavy (non-hydrogen) atoms. The number of piperazine rings is 1. The molecule has 2 saturated heterocycles. The molecular formula is C17H25ClN4O4S. The molecule has 0 bridgehead atoms. The Labute approximate surface area is 165 Å². The van der Waals surface area contributed by atoms with E-state index in [1.807, 2.05) is 0 Å². The summed E-state index contributed by atoms with van der Waals surface area (Å²) in [6.07, 6.45) is 1.01. The predicted molar refractivity (Wildman–Crippen MR) is 103 cm³/mol. The summed E-state index contributed by atoms with van der Waals surface area (Å²) in [7, 11) is -3.74. The topological polar surface area (TPSA) is 108 Å². The number of hydrogen-bond acceptors (Lipinski definition) is 5. The van der Waals surface area contributed by atoms with Crippen molar-refractivity contribution < 1.29 is 18.0 Å². The van der Waals surface area contributed by atoms with Crippen molar-refractivity contribution in [2.75, 3.05) is 32.7 Å². The number of rotatable bonds is 4. The Kier molecular flexibility index (Phi) is 7.21. The van der Waals surface area contributed by atoms with Crippen molar-refractivity contribution in [3.8, 4) is 0 Å². The molecule has 3 N–H and O–H groups in total. The lowest BCUT2D eigenvalue weighted by molar-refractivity contribution is -0.122. The summed E-state index contributed by atoms with van der Waals surface area (Å²) >= 11 is 0. The molecule has 1 aromatic rings. The van der Waals surface area contributed by atoms with Crippen LogP contribution in [0.4, 0.5) is 0 Å². The summed E-state index contributed by atoms with van der Waals surface area (Å²) in [5, 5.41) is 8.86. The third kappa shape index (κ3) is 4.98. The maximum absolute atomic E-state index is 12.6. The van der Waals surface area contributed by atoms with Crippen molar-refractivity contribution in [2.24, 2.45) is 5.92 Å². The molecule has 150 valence electrons. The average molecular weight is 417 g/mol. The van der Waals surface area contributed by atoms with Gasteiger partial charge in [0.25, 0.3) is 5.91 Å². The average Bonchev–Trinajstić information content (AvgIpc) is 2.63. The number of piperidine rings is 1. The zero-order chi connectivity index (χ0) is 18.7. The summed E-state index contributed by atoms with van der Waals surface area (Å²) in [6.45, 7) is 4.15. The van der Waals surface area contributed by atoms with Crippen LogP contribution in [0.15, 0.2) is 29.2 Å². The number of nitrogens with zero attached hydrogens (tertiary/aromatic N) is 1. The number of hydrogen-bond donors (Lipinski definition) is 3. The molecule has 2 unspecified atom stereocenters. The lowest BCUT2D eigenvalue weighted by Crippen LogP contribution is -2.50. The number of nitrogens with one attached hydrogen (secondary N) is 3. The number of carbonyl (C=O) groups is 2. The normalized spacial score (nSPS) is 23.8. The van der Waals surface area contributed by atoms with Crippen molar-refractivity contribution in [3.05, 3.63) is 29.8 Å². The molecule has 8 nitrogen and oxygen atoms in total. The minimum absolute atomic E-state index is 0. The Hall–Kier alpha value is -1.68. The molecular weight excluding hydrogens is 392 g/mol. The number of benzene rings is 1. The van der Waals surface area contributed by atoms with Gasteiger partial charge in [0.15, 0.2) is 0 Å². The van der Waals surface area contributed by atoms with E-state index < -0.39 is 10.0 Å². The largest absolute Gasteiger partial charge is 0.354 e. The first kappa shape index (κ1) is 21.6. The molecule has 2 atom stereocenters. The molecule has 2 fully saturated rings. The second kappa shape index (κ2) is 9.01. The van der Waals surface area contributed by atoms with Gasteiger partial charge in [0.2, 0.25) is 15.9 Å². The van der Waals surface area contributed by atoms with Gasteiger partial charge in [-0.2, -0.15) is 4.31 Å². The van der Waals surface area contributed by atoms with E-state index in [-0.39, 0.29) is 48.2 Å². The molecule has 2 aliphatic rings. The van der Waals surface area contributed by atoms with Crippen molar-refractivity contribution in [1.29, 1.82) is 0 Å². The highest BCUT2D eigenvalue weighted by Gasteiger charge is 2.29. The quantitative estimate of drug-likeness (QED) is 0.638. The molecule has 1 aromatic carbocycles. The van der Waals surface area contributed by atoms with Crippen molar-refractivity contribution in [3.63, 3.8) is 0 Å². The number of sulfonamides is 1. The Morgan fingerprint density at radius 3 is 2.56 bits per heavy atom. The third-order valence-electron chi connectivity index (χ3n) is 4.90. The molecule has 0 aromatic heterocycles. The third-order valence-corrected chi connectivity index (χ3v) is 6.76. The van der Waals surface area contributed by atoms with Gasteiger partial charge in [0.1, 0.15) is 0 Å². The minimum atomic E-state index is -3.74. The van der Waals surface area contributed by atoms with Gasteiger partial charge in [0, 0.05) is 31.2 Å². The first-order chi connectivity index (χ1) is 12.4. The highest BCUT2D eigenvalue weighted by molar-refractivity contribution is 7.89. The summed E-state index contributed by atoms with van der Waals surface area (Å²) < 4.78 is 26.4. The molecule has 2 aliphatic heterocycles. The van der Waals surface area contributed by atoms with Crippen LogP contribution in [0.2, 0.25) is 0 Å². The second-order valence-corrected chi connectivity index (χ2v) is 8.70. The Balaban J connectivity index is 0.00000261. The summed E-state index contributed by atoms with van der Waals surface area (Å²) in [4.78, 5) is 23.9. The SMILES string of the molecule is CC1CCNCC1NC(=O)c1ccc(S(=O)(=O)N2CCNC(=O)C2)cc1.Cl. The summed E-state index contributed by atoms with van der Waals surface area (Å²) in [5.74, 6) is -0.136. The van der Waals surface area contributed by atoms with Gasteiger partial charge in [-0.05, 0) is 43.1 Å². The molecule has 0 saturated carbocycles. The molecule has 3 rings (SSSR count). The molecule has 0 aliphatic carbocycles. The van der Waals surface area contributed by atoms with E-state index in [1.165, 1.54) is 24.3 Å². The number of carbonyl (C=O) groups excluding carboxylic acids is 2. The van der Waals surface area contributed by atoms with E-state index >= 15 is 0 Å². The van der Waals surface area contributed by atoms with E-state index in [2.05, 4.69) is 22.9 Å². The molecule has 0 spiro atoms. The van der Waals surface area contributed by atoms with E-state index in [9.17, 15) is 18.0 Å². The highest BCUT2D eigenvalue weighted by atomic mass is 35.5. The summed E-state index contributed by atoms with van der Waals surface area (Å²) in [6, 6.07) is 5.91. The lowest BCUT2D eigenvalue weighted by atomic mass is 9.94. The lowest BCUT2D eigenvalue weighted by Gasteiger charge is -2.30. The van der Waals surface area contributed by atoms with E-state index in [1.54, 1.807) is 0 Å². The Morgan fingerprint density at radius 2 is 1.93 bits per heavy atom. The van der Waals surface area contributed by atoms with Crippen LogP contribution in [0.1, 0.15) is 23.7 Å². The van der Waals surface area contributed by atoms with Gasteiger partial charge < -0.3 is 16.0 Å². The Bertz CT molecular complexity index is 785. The van der Waals surface area contributed by atoms with Crippen LogP contribution in [-0.4, -0.2) is 63.3 Å². The standard InChI is InChI=1S/C17H24N4O4S.ClH/c1-12-6-7-18-10-15(12)20-17(23)13-2-4-14(5-3-13)26(24,25)21-9-8-19-16(22)11-21;/h2-5,12,15,18H,6-11H2,1H3,(H,19,22)(H,20,23);1H. The van der Waals surface area contributed by atoms with Crippen LogP contribution >= 0.6 is 12.4 Å². The minimum Gasteiger partial charge on any atom is -0.354 e. The van der Waals surface area contributed by atoms with Gasteiger partial charge in [-0.1, -0.05) is 6.92 Å². The monoisotopic (exact) mass is 416 g/mol. The van der Waals surface area contributed by atoms with Crippen LogP contribution in [-0.2, 0) is 14.8 Å². The number of halogens is 1. The van der Waals surface area contributed by atoms with Gasteiger partial charge in [-0.3, -0.25) is 9.59 Å². The maximum Gasteiger partial charge on any atom is 0.251 e. The second-order valence-electron chi connectivity index (χ2n) is 6.76. The van der Waals surface area contributed by atoms with Crippen LogP contribution in [0.25, 0.3) is 0 Å². The fourth-order valence-corrected chi connectivity index (χ4v) is 4.58.